The molecule has 0 unspecified atom stereocenters. The molecule has 3 nitrogen and oxygen atoms in total. The average Bonchev–Trinajstić information content (AvgIpc) is 2.98. The van der Waals surface area contributed by atoms with Crippen LogP contribution in [0, 0.1) is 34.9 Å². The Morgan fingerprint density at radius 1 is 0.395 bits per heavy atom. The quantitative estimate of drug-likeness (QED) is 0.154. The molecule has 0 amide bonds. The van der Waals surface area contributed by atoms with Gasteiger partial charge in [0.2, 0.25) is 0 Å². The summed E-state index contributed by atoms with van der Waals surface area (Å²) in [6.45, 7) is 0. The number of pyridine rings is 3. The first-order valence-corrected chi connectivity index (χ1v) is 16.7. The molecule has 0 atom stereocenters. The SMILES string of the molecule is Fc1cc(F)c(-c2ccccn2)[c]([Sb]([c]2cc(F)cc(F)c2-c2ccccn2)[c]2cc(F)cc(F)c2-c2ccccn2)c1. The van der Waals surface area contributed by atoms with Crippen molar-refractivity contribution in [2.75, 3.05) is 0 Å². The standard InChI is InChI=1S/3C11H6F2N.Sb/c3*12-8-4-5-9(10(13)7-8)11-3-1-2-6-14-11;/h3*1-4,6-7H;. The normalized spacial score (nSPS) is 11.2. The van der Waals surface area contributed by atoms with Crippen LogP contribution in [0.15, 0.2) is 110 Å². The van der Waals surface area contributed by atoms with Crippen molar-refractivity contribution in [3.63, 3.8) is 0 Å². The molecule has 0 bridgehead atoms. The van der Waals surface area contributed by atoms with E-state index in [-0.39, 0.29) is 44.3 Å². The zero-order valence-electron chi connectivity index (χ0n) is 21.9. The summed E-state index contributed by atoms with van der Waals surface area (Å²) in [4.78, 5) is 12.7. The maximum atomic E-state index is 15.8. The van der Waals surface area contributed by atoms with E-state index in [9.17, 15) is 0 Å². The Morgan fingerprint density at radius 3 is 0.953 bits per heavy atom. The van der Waals surface area contributed by atoms with Gasteiger partial charge in [-0.3, -0.25) is 0 Å². The molecule has 0 radical (unpaired) electrons. The van der Waals surface area contributed by atoms with Crippen LogP contribution in [0.1, 0.15) is 0 Å². The Bertz CT molecular complexity index is 1720. The first-order chi connectivity index (χ1) is 20.8. The zero-order chi connectivity index (χ0) is 30.1. The number of nitrogens with zero attached hydrogens (tertiary/aromatic N) is 3. The van der Waals surface area contributed by atoms with Crippen molar-refractivity contribution in [3.8, 4) is 33.8 Å². The summed E-state index contributed by atoms with van der Waals surface area (Å²) in [7, 11) is 0. The molecular formula is C33H18F6N3Sb. The van der Waals surface area contributed by atoms with Crippen molar-refractivity contribution in [3.05, 3.63) is 144 Å². The van der Waals surface area contributed by atoms with Crippen LogP contribution >= 0.6 is 0 Å². The van der Waals surface area contributed by atoms with Gasteiger partial charge in [-0.25, -0.2) is 0 Å². The molecular weight excluding hydrogens is 674 g/mol. The van der Waals surface area contributed by atoms with E-state index >= 15 is 26.3 Å². The van der Waals surface area contributed by atoms with Crippen LogP contribution in [0.3, 0.4) is 0 Å². The van der Waals surface area contributed by atoms with Gasteiger partial charge in [0.1, 0.15) is 0 Å². The van der Waals surface area contributed by atoms with Crippen LogP contribution in [-0.2, 0) is 0 Å². The first kappa shape index (κ1) is 28.6. The van der Waals surface area contributed by atoms with Crippen molar-refractivity contribution < 1.29 is 26.3 Å². The van der Waals surface area contributed by atoms with Crippen molar-refractivity contribution in [2.45, 2.75) is 0 Å². The Labute approximate surface area is 249 Å². The molecule has 0 saturated carbocycles. The van der Waals surface area contributed by atoms with Gasteiger partial charge in [-0.15, -0.1) is 0 Å². The summed E-state index contributed by atoms with van der Waals surface area (Å²) in [6.07, 6.45) is 4.23. The van der Waals surface area contributed by atoms with E-state index in [1.54, 1.807) is 36.4 Å². The molecule has 6 rings (SSSR count). The van der Waals surface area contributed by atoms with E-state index in [0.29, 0.717) is 18.2 Å². The molecule has 0 spiro atoms. The van der Waals surface area contributed by atoms with Gasteiger partial charge in [-0.2, -0.15) is 0 Å². The Hall–Kier alpha value is -4.49. The second-order valence-electron chi connectivity index (χ2n) is 9.33. The molecule has 6 aromatic rings. The molecule has 3 heterocycles. The molecule has 10 heteroatoms. The van der Waals surface area contributed by atoms with Gasteiger partial charge < -0.3 is 0 Å². The van der Waals surface area contributed by atoms with Crippen LogP contribution in [0.4, 0.5) is 26.3 Å². The zero-order valence-corrected chi connectivity index (χ0v) is 24.5. The van der Waals surface area contributed by atoms with Crippen LogP contribution in [0.25, 0.3) is 33.8 Å². The molecule has 0 fully saturated rings. The van der Waals surface area contributed by atoms with Crippen molar-refractivity contribution in [2.24, 2.45) is 0 Å². The van der Waals surface area contributed by atoms with Gasteiger partial charge in [0.15, 0.2) is 0 Å². The average molecular weight is 692 g/mol. The molecule has 0 aliphatic carbocycles. The van der Waals surface area contributed by atoms with Crippen molar-refractivity contribution in [1.29, 1.82) is 0 Å². The Kier molecular flexibility index (Phi) is 8.00. The fourth-order valence-corrected chi connectivity index (χ4v) is 13.1. The number of hydrogen-bond donors (Lipinski definition) is 0. The van der Waals surface area contributed by atoms with E-state index in [1.807, 2.05) is 0 Å². The fourth-order valence-electron chi connectivity index (χ4n) is 4.89. The predicted molar refractivity (Wildman–Crippen MR) is 153 cm³/mol. The van der Waals surface area contributed by atoms with Crippen LogP contribution in [0.2, 0.25) is 0 Å². The van der Waals surface area contributed by atoms with Gasteiger partial charge in [0.25, 0.3) is 0 Å². The van der Waals surface area contributed by atoms with Gasteiger partial charge >= 0.3 is 250 Å². The topological polar surface area (TPSA) is 38.7 Å². The number of benzene rings is 3. The minimum atomic E-state index is -4.34. The first-order valence-electron chi connectivity index (χ1n) is 12.8. The third-order valence-electron chi connectivity index (χ3n) is 6.59. The predicted octanol–water partition coefficient (Wildman–Crippen LogP) is 6.22. The van der Waals surface area contributed by atoms with E-state index in [2.05, 4.69) is 15.0 Å². The minimum absolute atomic E-state index is 0.00330. The van der Waals surface area contributed by atoms with Crippen LogP contribution in [-0.4, -0.2) is 35.2 Å². The number of aromatic nitrogens is 3. The Morgan fingerprint density at radius 2 is 0.698 bits per heavy atom. The van der Waals surface area contributed by atoms with Crippen LogP contribution < -0.4 is 10.5 Å². The molecule has 212 valence electrons. The molecule has 0 aliphatic heterocycles. The monoisotopic (exact) mass is 691 g/mol. The number of hydrogen-bond acceptors (Lipinski definition) is 3. The molecule has 0 saturated heterocycles. The second kappa shape index (κ2) is 12.0. The molecule has 3 aromatic carbocycles. The van der Waals surface area contributed by atoms with Gasteiger partial charge in [-0.05, 0) is 0 Å². The van der Waals surface area contributed by atoms with E-state index in [0.717, 1.165) is 18.2 Å². The fraction of sp³-hybridized carbons (Fsp3) is 0. The van der Waals surface area contributed by atoms with Gasteiger partial charge in [0.05, 0.1) is 0 Å². The molecule has 3 aromatic heterocycles. The third kappa shape index (κ3) is 5.65. The Balaban J connectivity index is 1.80. The summed E-state index contributed by atoms with van der Waals surface area (Å²) < 4.78 is 92.7. The summed E-state index contributed by atoms with van der Waals surface area (Å²) in [6, 6.07) is 19.2. The third-order valence-corrected chi connectivity index (χ3v) is 13.7. The van der Waals surface area contributed by atoms with E-state index < -0.39 is 55.1 Å². The second-order valence-corrected chi connectivity index (χ2v) is 15.4. The number of halogens is 6. The maximum absolute atomic E-state index is 15.8. The van der Waals surface area contributed by atoms with Gasteiger partial charge in [-0.1, -0.05) is 0 Å². The molecule has 0 aliphatic rings. The van der Waals surface area contributed by atoms with E-state index in [1.165, 1.54) is 36.8 Å². The number of rotatable bonds is 6. The van der Waals surface area contributed by atoms with Crippen LogP contribution in [0.5, 0.6) is 0 Å². The summed E-state index contributed by atoms with van der Waals surface area (Å²) in [5.41, 5.74) is -0.0964. The summed E-state index contributed by atoms with van der Waals surface area (Å²) in [5.74, 6) is -5.90. The van der Waals surface area contributed by atoms with E-state index in [4.69, 9.17) is 0 Å². The summed E-state index contributed by atoms with van der Waals surface area (Å²) >= 11 is -4.34. The van der Waals surface area contributed by atoms with Crippen molar-refractivity contribution >= 4 is 30.7 Å². The summed E-state index contributed by atoms with van der Waals surface area (Å²) in [5, 5.41) is 0. The molecule has 43 heavy (non-hydrogen) atoms. The van der Waals surface area contributed by atoms with Gasteiger partial charge in [0, 0.05) is 0 Å². The van der Waals surface area contributed by atoms with Crippen molar-refractivity contribution in [1.82, 2.24) is 15.0 Å². The molecule has 0 N–H and O–H groups in total.